The van der Waals surface area contributed by atoms with E-state index in [0.29, 0.717) is 5.69 Å². The topological polar surface area (TPSA) is 97.1 Å². The predicted octanol–water partition coefficient (Wildman–Crippen LogP) is 0.308. The summed E-state index contributed by atoms with van der Waals surface area (Å²) in [4.78, 5) is 27.0. The molecule has 1 heterocycles. The van der Waals surface area contributed by atoms with Crippen LogP contribution in [0.25, 0.3) is 0 Å². The molecule has 0 unspecified atom stereocenters. The van der Waals surface area contributed by atoms with Gasteiger partial charge in [-0.2, -0.15) is 0 Å². The van der Waals surface area contributed by atoms with Crippen molar-refractivity contribution in [2.24, 2.45) is 0 Å². The fourth-order valence-corrected chi connectivity index (χ4v) is 1.28. The Morgan fingerprint density at radius 2 is 2.06 bits per heavy atom. The second-order valence-electron chi connectivity index (χ2n) is 4.96. The first-order valence-corrected chi connectivity index (χ1v) is 5.59. The zero-order valence-corrected chi connectivity index (χ0v) is 10.8. The highest BCUT2D eigenvalue weighted by Gasteiger charge is 2.15. The van der Waals surface area contributed by atoms with Gasteiger partial charge in [0.25, 0.3) is 5.91 Å². The Balaban J connectivity index is 2.49. The van der Waals surface area contributed by atoms with Crippen molar-refractivity contribution in [1.29, 1.82) is 0 Å². The molecule has 4 N–H and O–H groups in total. The zero-order valence-electron chi connectivity index (χ0n) is 10.8. The normalized spacial score (nSPS) is 10.8. The summed E-state index contributed by atoms with van der Waals surface area (Å²) in [7, 11) is 0. The quantitative estimate of drug-likeness (QED) is 0.719. The highest BCUT2D eigenvalue weighted by Crippen LogP contribution is 2.02. The number of hydrogen-bond donors (Lipinski definition) is 3. The monoisotopic (exact) mass is 250 g/mol. The summed E-state index contributed by atoms with van der Waals surface area (Å²) in [6.07, 6.45) is 1.44. The van der Waals surface area contributed by atoms with Crippen molar-refractivity contribution in [1.82, 2.24) is 15.6 Å². The van der Waals surface area contributed by atoms with Gasteiger partial charge in [-0.1, -0.05) is 0 Å². The molecule has 0 atom stereocenters. The van der Waals surface area contributed by atoms with E-state index in [2.05, 4.69) is 15.6 Å². The van der Waals surface area contributed by atoms with E-state index in [1.807, 2.05) is 20.8 Å². The molecule has 6 heteroatoms. The molecule has 1 aromatic heterocycles. The maximum Gasteiger partial charge on any atom is 0.270 e. The first-order chi connectivity index (χ1) is 8.28. The van der Waals surface area contributed by atoms with Crippen molar-refractivity contribution in [2.75, 3.05) is 12.3 Å². The summed E-state index contributed by atoms with van der Waals surface area (Å²) < 4.78 is 0. The van der Waals surface area contributed by atoms with Gasteiger partial charge in [-0.25, -0.2) is 0 Å². The molecule has 1 rings (SSSR count). The van der Waals surface area contributed by atoms with Crippen LogP contribution < -0.4 is 16.4 Å². The number of hydrogen-bond acceptors (Lipinski definition) is 4. The second kappa shape index (κ2) is 5.48. The first-order valence-electron chi connectivity index (χ1n) is 5.59. The molecule has 0 aliphatic carbocycles. The molecule has 1 aromatic rings. The molecule has 2 amide bonds. The fraction of sp³-hybridized carbons (Fsp3) is 0.417. The minimum atomic E-state index is -0.425. The van der Waals surface area contributed by atoms with Crippen LogP contribution >= 0.6 is 0 Å². The summed E-state index contributed by atoms with van der Waals surface area (Å²) in [5.41, 5.74) is 5.86. The number of aromatic nitrogens is 1. The third-order valence-corrected chi connectivity index (χ3v) is 1.94. The lowest BCUT2D eigenvalue weighted by Gasteiger charge is -2.20. The lowest BCUT2D eigenvalue weighted by Crippen LogP contribution is -2.45. The van der Waals surface area contributed by atoms with Crippen LogP contribution in [-0.4, -0.2) is 28.9 Å². The van der Waals surface area contributed by atoms with Crippen LogP contribution in [0.1, 0.15) is 31.3 Å². The van der Waals surface area contributed by atoms with E-state index in [-0.39, 0.29) is 23.7 Å². The molecule has 0 aliphatic heterocycles. The Morgan fingerprint density at radius 3 is 2.61 bits per heavy atom. The Kier molecular flexibility index (Phi) is 4.25. The summed E-state index contributed by atoms with van der Waals surface area (Å²) in [6.45, 7) is 5.51. The van der Waals surface area contributed by atoms with Crippen molar-refractivity contribution in [3.63, 3.8) is 0 Å². The minimum absolute atomic E-state index is 0.0907. The predicted molar refractivity (Wildman–Crippen MR) is 68.9 cm³/mol. The molecule has 98 valence electrons. The van der Waals surface area contributed by atoms with Crippen molar-refractivity contribution in [2.45, 2.75) is 26.3 Å². The lowest BCUT2D eigenvalue weighted by atomic mass is 10.1. The zero-order chi connectivity index (χ0) is 13.8. The fourth-order valence-electron chi connectivity index (χ4n) is 1.28. The van der Waals surface area contributed by atoms with Gasteiger partial charge in [0.15, 0.2) is 0 Å². The van der Waals surface area contributed by atoms with E-state index in [1.165, 1.54) is 12.3 Å². The molecule has 0 aromatic carbocycles. The molecule has 18 heavy (non-hydrogen) atoms. The largest absolute Gasteiger partial charge is 0.399 e. The van der Waals surface area contributed by atoms with E-state index in [9.17, 15) is 9.59 Å². The van der Waals surface area contributed by atoms with Crippen LogP contribution in [0.15, 0.2) is 18.3 Å². The number of nitrogens with two attached hydrogens (primary N) is 1. The third-order valence-electron chi connectivity index (χ3n) is 1.94. The van der Waals surface area contributed by atoms with Gasteiger partial charge in [0, 0.05) is 17.4 Å². The lowest BCUT2D eigenvalue weighted by molar-refractivity contribution is -0.121. The summed E-state index contributed by atoms with van der Waals surface area (Å²) in [6, 6.07) is 3.04. The Hall–Kier alpha value is -2.11. The highest BCUT2D eigenvalue weighted by molar-refractivity contribution is 5.95. The van der Waals surface area contributed by atoms with E-state index in [0.717, 1.165) is 0 Å². The van der Waals surface area contributed by atoms with Crippen LogP contribution in [0.5, 0.6) is 0 Å². The number of nitrogens with one attached hydrogen (secondary N) is 2. The molecular weight excluding hydrogens is 232 g/mol. The van der Waals surface area contributed by atoms with Gasteiger partial charge in [-0.05, 0) is 32.9 Å². The molecule has 0 bridgehead atoms. The van der Waals surface area contributed by atoms with E-state index >= 15 is 0 Å². The third kappa shape index (κ3) is 4.82. The van der Waals surface area contributed by atoms with Gasteiger partial charge in [0.2, 0.25) is 5.91 Å². The van der Waals surface area contributed by atoms with Gasteiger partial charge < -0.3 is 16.4 Å². The minimum Gasteiger partial charge on any atom is -0.399 e. The molecule has 0 saturated heterocycles. The Morgan fingerprint density at radius 1 is 1.39 bits per heavy atom. The molecule has 0 aliphatic rings. The number of carbonyl (C=O) groups is 2. The number of nitrogen functional groups attached to an aromatic ring is 1. The van der Waals surface area contributed by atoms with Gasteiger partial charge in [0.05, 0.1) is 6.54 Å². The van der Waals surface area contributed by atoms with Crippen molar-refractivity contribution < 1.29 is 9.59 Å². The average molecular weight is 250 g/mol. The second-order valence-corrected chi connectivity index (χ2v) is 4.96. The van der Waals surface area contributed by atoms with Crippen LogP contribution in [0.2, 0.25) is 0 Å². The maximum absolute atomic E-state index is 11.7. The molecule has 6 nitrogen and oxygen atoms in total. The van der Waals surface area contributed by atoms with Crippen molar-refractivity contribution in [3.8, 4) is 0 Å². The number of nitrogens with zero attached hydrogens (tertiary/aromatic N) is 1. The van der Waals surface area contributed by atoms with E-state index < -0.39 is 5.91 Å². The molecule has 0 radical (unpaired) electrons. The van der Waals surface area contributed by atoms with Crippen molar-refractivity contribution in [3.05, 3.63) is 24.0 Å². The van der Waals surface area contributed by atoms with Crippen LogP contribution in [0, 0.1) is 0 Å². The Bertz CT molecular complexity index is 452. The molecule has 0 spiro atoms. The number of anilines is 1. The Labute approximate surface area is 106 Å². The molecular formula is C12H18N4O2. The van der Waals surface area contributed by atoms with Gasteiger partial charge >= 0.3 is 0 Å². The standard InChI is InChI=1S/C12H18N4O2/c1-12(2,3)16-10(17)7-15-11(18)9-6-8(13)4-5-14-9/h4-6H,7H2,1-3H3,(H2,13,14)(H,15,18)(H,16,17). The maximum atomic E-state index is 11.7. The number of carbonyl (C=O) groups excluding carboxylic acids is 2. The SMILES string of the molecule is CC(C)(C)NC(=O)CNC(=O)c1cc(N)ccn1. The molecule has 0 saturated carbocycles. The van der Waals surface area contributed by atoms with Crippen LogP contribution in [0.3, 0.4) is 0 Å². The molecule has 0 fully saturated rings. The van der Waals surface area contributed by atoms with E-state index in [1.54, 1.807) is 6.07 Å². The van der Waals surface area contributed by atoms with Crippen LogP contribution in [0.4, 0.5) is 5.69 Å². The van der Waals surface area contributed by atoms with Gasteiger partial charge in [0.1, 0.15) is 5.69 Å². The number of rotatable bonds is 3. The number of pyridine rings is 1. The summed E-state index contributed by atoms with van der Waals surface area (Å²) >= 11 is 0. The van der Waals surface area contributed by atoms with Crippen LogP contribution in [-0.2, 0) is 4.79 Å². The number of amides is 2. The first kappa shape index (κ1) is 14.0. The smallest absolute Gasteiger partial charge is 0.270 e. The van der Waals surface area contributed by atoms with Gasteiger partial charge in [-0.15, -0.1) is 0 Å². The van der Waals surface area contributed by atoms with Crippen molar-refractivity contribution >= 4 is 17.5 Å². The average Bonchev–Trinajstić information content (AvgIpc) is 2.23. The summed E-state index contributed by atoms with van der Waals surface area (Å²) in [5.74, 6) is -0.675. The highest BCUT2D eigenvalue weighted by atomic mass is 16.2. The van der Waals surface area contributed by atoms with E-state index in [4.69, 9.17) is 5.73 Å². The van der Waals surface area contributed by atoms with Gasteiger partial charge in [-0.3, -0.25) is 14.6 Å². The summed E-state index contributed by atoms with van der Waals surface area (Å²) in [5, 5.41) is 5.22.